The Balaban J connectivity index is 1.31. The predicted molar refractivity (Wildman–Crippen MR) is 105 cm³/mol. The highest BCUT2D eigenvalue weighted by atomic mass is 19.1. The van der Waals surface area contributed by atoms with E-state index in [0.29, 0.717) is 32.1 Å². The molecule has 1 amide bonds. The molecule has 7 heteroatoms. The van der Waals surface area contributed by atoms with Crippen molar-refractivity contribution in [3.05, 3.63) is 59.9 Å². The zero-order chi connectivity index (χ0) is 20.1. The van der Waals surface area contributed by atoms with E-state index < -0.39 is 5.54 Å². The van der Waals surface area contributed by atoms with E-state index in [4.69, 9.17) is 14.2 Å². The molecule has 4 rings (SSSR count). The zero-order valence-corrected chi connectivity index (χ0v) is 16.2. The fourth-order valence-corrected chi connectivity index (χ4v) is 3.76. The van der Waals surface area contributed by atoms with E-state index in [9.17, 15) is 9.18 Å². The van der Waals surface area contributed by atoms with Crippen LogP contribution in [0.4, 0.5) is 4.39 Å². The molecule has 2 aliphatic rings. The molecule has 2 aromatic rings. The molecule has 1 atom stereocenters. The summed E-state index contributed by atoms with van der Waals surface area (Å²) in [5.74, 6) is 1.01. The number of amides is 1. The van der Waals surface area contributed by atoms with Crippen LogP contribution in [0.2, 0.25) is 0 Å². The van der Waals surface area contributed by atoms with Crippen molar-refractivity contribution >= 4 is 5.91 Å². The molecule has 2 aliphatic heterocycles. The Morgan fingerprint density at radius 2 is 1.79 bits per heavy atom. The van der Waals surface area contributed by atoms with E-state index in [1.165, 1.54) is 12.1 Å². The van der Waals surface area contributed by atoms with Crippen molar-refractivity contribution in [2.45, 2.75) is 24.5 Å². The van der Waals surface area contributed by atoms with Crippen LogP contribution in [0, 0.1) is 5.82 Å². The summed E-state index contributed by atoms with van der Waals surface area (Å²) < 4.78 is 30.4. The van der Waals surface area contributed by atoms with E-state index in [2.05, 4.69) is 10.6 Å². The van der Waals surface area contributed by atoms with E-state index in [1.807, 2.05) is 24.3 Å². The number of nitrogens with one attached hydrogen (secondary N) is 2. The van der Waals surface area contributed by atoms with Gasteiger partial charge in [0, 0.05) is 18.8 Å². The number of rotatable bonds is 6. The Labute approximate surface area is 169 Å². The molecule has 2 heterocycles. The van der Waals surface area contributed by atoms with Crippen molar-refractivity contribution in [3.63, 3.8) is 0 Å². The minimum Gasteiger partial charge on any atom is -0.486 e. The summed E-state index contributed by atoms with van der Waals surface area (Å²) in [5.41, 5.74) is 0.572. The number of benzene rings is 2. The average Bonchev–Trinajstić information content (AvgIpc) is 2.77. The number of halogens is 1. The summed E-state index contributed by atoms with van der Waals surface area (Å²) in [6.07, 6.45) is 1.22. The first kappa shape index (κ1) is 19.7. The van der Waals surface area contributed by atoms with Crippen molar-refractivity contribution in [1.29, 1.82) is 0 Å². The van der Waals surface area contributed by atoms with Crippen molar-refractivity contribution in [3.8, 4) is 11.5 Å². The van der Waals surface area contributed by atoms with Crippen LogP contribution in [0.25, 0.3) is 0 Å². The molecule has 0 bridgehead atoms. The summed E-state index contributed by atoms with van der Waals surface area (Å²) in [7, 11) is 0. The Hall–Kier alpha value is -2.64. The smallest absolute Gasteiger partial charge is 0.234 e. The lowest BCUT2D eigenvalue weighted by molar-refractivity contribution is -0.121. The summed E-state index contributed by atoms with van der Waals surface area (Å²) >= 11 is 0. The van der Waals surface area contributed by atoms with Crippen molar-refractivity contribution < 1.29 is 23.4 Å². The molecule has 1 unspecified atom stereocenters. The monoisotopic (exact) mass is 400 g/mol. The topological polar surface area (TPSA) is 68.8 Å². The molecule has 2 N–H and O–H groups in total. The van der Waals surface area contributed by atoms with E-state index in [1.54, 1.807) is 12.1 Å². The minimum atomic E-state index is -0.396. The fourth-order valence-electron chi connectivity index (χ4n) is 3.76. The van der Waals surface area contributed by atoms with Crippen LogP contribution in [0.5, 0.6) is 11.5 Å². The van der Waals surface area contributed by atoms with Gasteiger partial charge in [0.1, 0.15) is 18.5 Å². The Morgan fingerprint density at radius 3 is 2.55 bits per heavy atom. The predicted octanol–water partition coefficient (Wildman–Crippen LogP) is 2.38. The molecule has 0 aliphatic carbocycles. The van der Waals surface area contributed by atoms with Gasteiger partial charge in [-0.25, -0.2) is 4.39 Å². The van der Waals surface area contributed by atoms with Gasteiger partial charge in [-0.15, -0.1) is 0 Å². The quantitative estimate of drug-likeness (QED) is 0.779. The van der Waals surface area contributed by atoms with Crippen LogP contribution in [0.3, 0.4) is 0 Å². The van der Waals surface area contributed by atoms with Crippen LogP contribution in [0.15, 0.2) is 48.5 Å². The van der Waals surface area contributed by atoms with Crippen LogP contribution in [-0.2, 0) is 15.1 Å². The number of carbonyl (C=O) groups is 1. The largest absolute Gasteiger partial charge is 0.486 e. The fraction of sp³-hybridized carbons (Fsp3) is 0.409. The molecule has 1 fully saturated rings. The van der Waals surface area contributed by atoms with Crippen LogP contribution in [0.1, 0.15) is 18.4 Å². The third kappa shape index (κ3) is 4.68. The standard InChI is InChI=1S/C22H25FN2O4/c23-17-7-5-16(6-8-17)22(9-11-27-12-10-22)25-14-21(26)24-13-18-15-28-19-3-1-2-4-20(19)29-18/h1-8,18,25H,9-15H2,(H,24,26). The average molecular weight is 400 g/mol. The van der Waals surface area contributed by atoms with Crippen molar-refractivity contribution in [1.82, 2.24) is 10.6 Å². The third-order valence-electron chi connectivity index (χ3n) is 5.42. The molecule has 0 aromatic heterocycles. The van der Waals surface area contributed by atoms with Crippen LogP contribution in [-0.4, -0.2) is 44.9 Å². The van der Waals surface area contributed by atoms with Gasteiger partial charge in [-0.2, -0.15) is 0 Å². The van der Waals surface area contributed by atoms with Gasteiger partial charge in [-0.05, 0) is 42.7 Å². The first-order chi connectivity index (χ1) is 14.1. The second kappa shape index (κ2) is 8.80. The van der Waals surface area contributed by atoms with Gasteiger partial charge in [-0.1, -0.05) is 24.3 Å². The molecule has 0 spiro atoms. The summed E-state index contributed by atoms with van der Waals surface area (Å²) in [6, 6.07) is 13.9. The van der Waals surface area contributed by atoms with Gasteiger partial charge >= 0.3 is 0 Å². The van der Waals surface area contributed by atoms with Gasteiger partial charge in [0.05, 0.1) is 13.1 Å². The number of para-hydroxylation sites is 2. The maximum atomic E-state index is 13.3. The van der Waals surface area contributed by atoms with Gasteiger partial charge in [0.25, 0.3) is 0 Å². The maximum absolute atomic E-state index is 13.3. The number of hydrogen-bond acceptors (Lipinski definition) is 5. The van der Waals surface area contributed by atoms with Crippen LogP contribution >= 0.6 is 0 Å². The summed E-state index contributed by atoms with van der Waals surface area (Å²) in [6.45, 7) is 2.10. The molecule has 2 aromatic carbocycles. The first-order valence-corrected chi connectivity index (χ1v) is 9.89. The highest BCUT2D eigenvalue weighted by molar-refractivity contribution is 5.78. The van der Waals surface area contributed by atoms with Gasteiger partial charge < -0.3 is 19.5 Å². The van der Waals surface area contributed by atoms with E-state index in [0.717, 1.165) is 24.2 Å². The van der Waals surface area contributed by atoms with Gasteiger partial charge in [0.15, 0.2) is 11.5 Å². The second-order valence-electron chi connectivity index (χ2n) is 7.36. The Kier molecular flexibility index (Phi) is 5.97. The summed E-state index contributed by atoms with van der Waals surface area (Å²) in [4.78, 5) is 12.4. The molecule has 0 saturated carbocycles. The highest BCUT2D eigenvalue weighted by Gasteiger charge is 2.34. The van der Waals surface area contributed by atoms with Crippen molar-refractivity contribution in [2.24, 2.45) is 0 Å². The maximum Gasteiger partial charge on any atom is 0.234 e. The lowest BCUT2D eigenvalue weighted by Gasteiger charge is -2.38. The third-order valence-corrected chi connectivity index (χ3v) is 5.42. The zero-order valence-electron chi connectivity index (χ0n) is 16.2. The minimum absolute atomic E-state index is 0.125. The summed E-state index contributed by atoms with van der Waals surface area (Å²) in [5, 5.41) is 6.29. The number of ether oxygens (including phenoxy) is 3. The molecular weight excluding hydrogens is 375 g/mol. The Morgan fingerprint density at radius 1 is 1.07 bits per heavy atom. The lowest BCUT2D eigenvalue weighted by Crippen LogP contribution is -2.51. The number of fused-ring (bicyclic) bond motifs is 1. The van der Waals surface area contributed by atoms with Crippen molar-refractivity contribution in [2.75, 3.05) is 32.9 Å². The number of hydrogen-bond donors (Lipinski definition) is 2. The Bertz CT molecular complexity index is 837. The molecule has 29 heavy (non-hydrogen) atoms. The highest BCUT2D eigenvalue weighted by Crippen LogP contribution is 2.32. The SMILES string of the molecule is O=C(CNC1(c2ccc(F)cc2)CCOCC1)NCC1COc2ccccc2O1. The second-order valence-corrected chi connectivity index (χ2v) is 7.36. The number of carbonyl (C=O) groups excluding carboxylic acids is 1. The van der Waals surface area contributed by atoms with E-state index in [-0.39, 0.29) is 24.4 Å². The normalized spacial score (nSPS) is 20.1. The molecule has 0 radical (unpaired) electrons. The van der Waals surface area contributed by atoms with E-state index >= 15 is 0 Å². The lowest BCUT2D eigenvalue weighted by atomic mass is 9.82. The van der Waals surface area contributed by atoms with Gasteiger partial charge in [-0.3, -0.25) is 10.1 Å². The molecule has 154 valence electrons. The molecule has 6 nitrogen and oxygen atoms in total. The van der Waals surface area contributed by atoms with Gasteiger partial charge in [0.2, 0.25) is 5.91 Å². The molecular formula is C22H25FN2O4. The first-order valence-electron chi connectivity index (χ1n) is 9.89. The molecule has 1 saturated heterocycles. The van der Waals surface area contributed by atoms with Crippen LogP contribution < -0.4 is 20.1 Å².